The van der Waals surface area contributed by atoms with Gasteiger partial charge in [0.25, 0.3) is 0 Å². The Bertz CT molecular complexity index is 584. The van der Waals surface area contributed by atoms with Crippen molar-refractivity contribution < 1.29 is 9.59 Å². The highest BCUT2D eigenvalue weighted by atomic mass is 79.9. The minimum atomic E-state index is 0.00531. The number of hydrogen-bond acceptors (Lipinski definition) is 2. The number of ketones is 1. The summed E-state index contributed by atoms with van der Waals surface area (Å²) < 4.78 is 0.950. The Hall–Kier alpha value is -1.16. The molecule has 23 heavy (non-hydrogen) atoms. The summed E-state index contributed by atoms with van der Waals surface area (Å²) in [6, 6.07) is 7.53. The van der Waals surface area contributed by atoms with Gasteiger partial charge in [-0.3, -0.25) is 9.59 Å². The Morgan fingerprint density at radius 2 is 1.91 bits per heavy atom. The zero-order valence-electron chi connectivity index (χ0n) is 13.6. The molecule has 2 aliphatic carbocycles. The number of amides is 1. The molecule has 1 aromatic rings. The van der Waals surface area contributed by atoms with Crippen LogP contribution in [0.25, 0.3) is 0 Å². The first-order valence-corrected chi connectivity index (χ1v) is 9.40. The minimum absolute atomic E-state index is 0.00531. The average molecular weight is 378 g/mol. The van der Waals surface area contributed by atoms with Crippen LogP contribution in [0, 0.1) is 17.8 Å². The lowest BCUT2D eigenvalue weighted by Crippen LogP contribution is -2.40. The Balaban J connectivity index is 1.44. The molecule has 0 heterocycles. The van der Waals surface area contributed by atoms with Gasteiger partial charge >= 0.3 is 0 Å². The highest BCUT2D eigenvalue weighted by Gasteiger charge is 2.42. The van der Waals surface area contributed by atoms with E-state index in [1.807, 2.05) is 12.1 Å². The van der Waals surface area contributed by atoms with Crippen molar-refractivity contribution in [2.24, 2.45) is 17.8 Å². The predicted molar refractivity (Wildman–Crippen MR) is 94.2 cm³/mol. The van der Waals surface area contributed by atoms with Gasteiger partial charge in [0.2, 0.25) is 5.91 Å². The maximum absolute atomic E-state index is 12.1. The van der Waals surface area contributed by atoms with Crippen LogP contribution in [0.5, 0.6) is 0 Å². The highest BCUT2D eigenvalue weighted by Crippen LogP contribution is 2.49. The normalized spacial score (nSPS) is 27.0. The number of rotatable bonds is 6. The largest absolute Gasteiger partial charge is 0.353 e. The maximum atomic E-state index is 12.1. The first-order valence-electron chi connectivity index (χ1n) is 8.61. The first kappa shape index (κ1) is 16.7. The summed E-state index contributed by atoms with van der Waals surface area (Å²) in [5.74, 6) is 2.37. The maximum Gasteiger partial charge on any atom is 0.220 e. The van der Waals surface area contributed by atoms with Crippen LogP contribution in [-0.2, 0) is 4.79 Å². The molecule has 2 bridgehead atoms. The molecule has 2 aliphatic rings. The fourth-order valence-electron chi connectivity index (χ4n) is 4.35. The van der Waals surface area contributed by atoms with Gasteiger partial charge in [0.05, 0.1) is 0 Å². The average Bonchev–Trinajstić information content (AvgIpc) is 3.16. The van der Waals surface area contributed by atoms with Gasteiger partial charge < -0.3 is 5.32 Å². The number of halogens is 1. The molecule has 0 radical (unpaired) electrons. The molecule has 2 saturated carbocycles. The number of fused-ring (bicyclic) bond motifs is 2. The summed E-state index contributed by atoms with van der Waals surface area (Å²) in [7, 11) is 0. The van der Waals surface area contributed by atoms with Crippen LogP contribution in [0.3, 0.4) is 0 Å². The lowest BCUT2D eigenvalue weighted by Gasteiger charge is -2.28. The molecule has 3 rings (SSSR count). The molecule has 2 fully saturated rings. The smallest absolute Gasteiger partial charge is 0.220 e. The summed E-state index contributed by atoms with van der Waals surface area (Å²) in [5, 5.41) is 3.12. The van der Waals surface area contributed by atoms with Crippen LogP contribution >= 0.6 is 15.9 Å². The standard InChI is InChI=1S/C19H24BrNO2/c1-12(17-11-13-2-3-15(17)10-13)21-19(23)9-8-18(22)14-4-6-16(20)7-5-14/h4-7,12-13,15,17H,2-3,8-11H2,1H3,(H,21,23). The summed E-state index contributed by atoms with van der Waals surface area (Å²) in [5.41, 5.74) is 0.669. The quantitative estimate of drug-likeness (QED) is 0.748. The Labute approximate surface area is 146 Å². The molecule has 0 aromatic heterocycles. The second kappa shape index (κ2) is 7.16. The lowest BCUT2D eigenvalue weighted by molar-refractivity contribution is -0.122. The van der Waals surface area contributed by atoms with E-state index in [1.54, 1.807) is 12.1 Å². The molecular weight excluding hydrogens is 354 g/mol. The van der Waals surface area contributed by atoms with E-state index in [0.717, 1.165) is 16.3 Å². The predicted octanol–water partition coefficient (Wildman–Crippen LogP) is 4.35. The fourth-order valence-corrected chi connectivity index (χ4v) is 4.61. The van der Waals surface area contributed by atoms with Crippen molar-refractivity contribution in [3.8, 4) is 0 Å². The minimum Gasteiger partial charge on any atom is -0.353 e. The fraction of sp³-hybridized carbons (Fsp3) is 0.579. The van der Waals surface area contributed by atoms with E-state index in [9.17, 15) is 9.59 Å². The van der Waals surface area contributed by atoms with E-state index in [4.69, 9.17) is 0 Å². The molecule has 1 amide bonds. The van der Waals surface area contributed by atoms with E-state index >= 15 is 0 Å². The molecule has 3 nitrogen and oxygen atoms in total. The van der Waals surface area contributed by atoms with Crippen molar-refractivity contribution in [3.63, 3.8) is 0 Å². The molecule has 4 heteroatoms. The van der Waals surface area contributed by atoms with E-state index in [2.05, 4.69) is 28.2 Å². The van der Waals surface area contributed by atoms with Crippen LogP contribution in [0.4, 0.5) is 0 Å². The van der Waals surface area contributed by atoms with Crippen molar-refractivity contribution in [2.45, 2.75) is 51.5 Å². The molecule has 124 valence electrons. The van der Waals surface area contributed by atoms with Gasteiger partial charge in [0.15, 0.2) is 5.78 Å². The third-order valence-corrected chi connectivity index (χ3v) is 6.10. The van der Waals surface area contributed by atoms with E-state index in [1.165, 1.54) is 25.7 Å². The van der Waals surface area contributed by atoms with Gasteiger partial charge in [-0.25, -0.2) is 0 Å². The molecule has 1 N–H and O–H groups in total. The van der Waals surface area contributed by atoms with Gasteiger partial charge in [-0.15, -0.1) is 0 Å². The van der Waals surface area contributed by atoms with Crippen molar-refractivity contribution in [2.75, 3.05) is 0 Å². The van der Waals surface area contributed by atoms with Gasteiger partial charge in [0, 0.05) is 28.9 Å². The first-order chi connectivity index (χ1) is 11.0. The number of carbonyl (C=O) groups excluding carboxylic acids is 2. The zero-order valence-corrected chi connectivity index (χ0v) is 15.1. The molecular formula is C19H24BrNO2. The molecule has 0 aliphatic heterocycles. The Morgan fingerprint density at radius 3 is 2.52 bits per heavy atom. The Kier molecular flexibility index (Phi) is 5.20. The van der Waals surface area contributed by atoms with Crippen LogP contribution in [-0.4, -0.2) is 17.7 Å². The Morgan fingerprint density at radius 1 is 1.17 bits per heavy atom. The second-order valence-corrected chi connectivity index (χ2v) is 8.04. The monoisotopic (exact) mass is 377 g/mol. The van der Waals surface area contributed by atoms with Gasteiger partial charge in [0.1, 0.15) is 0 Å². The third-order valence-electron chi connectivity index (χ3n) is 5.57. The van der Waals surface area contributed by atoms with Crippen LogP contribution < -0.4 is 5.32 Å². The van der Waals surface area contributed by atoms with E-state index in [0.29, 0.717) is 11.5 Å². The van der Waals surface area contributed by atoms with Crippen molar-refractivity contribution in [1.82, 2.24) is 5.32 Å². The van der Waals surface area contributed by atoms with Crippen molar-refractivity contribution in [3.05, 3.63) is 34.3 Å². The summed E-state index contributed by atoms with van der Waals surface area (Å²) >= 11 is 3.35. The van der Waals surface area contributed by atoms with E-state index in [-0.39, 0.29) is 30.6 Å². The number of hydrogen-bond donors (Lipinski definition) is 1. The number of Topliss-reactive ketones (excluding diaryl/α,β-unsaturated/α-hetero) is 1. The van der Waals surface area contributed by atoms with Gasteiger partial charge in [-0.1, -0.05) is 34.5 Å². The molecule has 4 atom stereocenters. The second-order valence-electron chi connectivity index (χ2n) is 7.12. The van der Waals surface area contributed by atoms with E-state index < -0.39 is 0 Å². The SMILES string of the molecule is CC(NC(=O)CCC(=O)c1ccc(Br)cc1)C1CC2CCC1C2. The number of carbonyl (C=O) groups is 2. The van der Waals surface area contributed by atoms with Crippen molar-refractivity contribution in [1.29, 1.82) is 0 Å². The number of nitrogens with one attached hydrogen (secondary N) is 1. The zero-order chi connectivity index (χ0) is 16.4. The summed E-state index contributed by atoms with van der Waals surface area (Å²) in [6.07, 6.45) is 5.88. The topological polar surface area (TPSA) is 46.2 Å². The summed E-state index contributed by atoms with van der Waals surface area (Å²) in [6.45, 7) is 2.12. The van der Waals surface area contributed by atoms with Gasteiger partial charge in [-0.2, -0.15) is 0 Å². The summed E-state index contributed by atoms with van der Waals surface area (Å²) in [4.78, 5) is 24.2. The number of benzene rings is 1. The lowest BCUT2D eigenvalue weighted by atomic mass is 9.84. The molecule has 0 saturated heterocycles. The molecule has 0 spiro atoms. The third kappa shape index (κ3) is 4.03. The van der Waals surface area contributed by atoms with Crippen LogP contribution in [0.15, 0.2) is 28.7 Å². The van der Waals surface area contributed by atoms with Crippen LogP contribution in [0.1, 0.15) is 55.8 Å². The van der Waals surface area contributed by atoms with Crippen LogP contribution in [0.2, 0.25) is 0 Å². The molecule has 4 unspecified atom stereocenters. The van der Waals surface area contributed by atoms with Crippen molar-refractivity contribution >= 4 is 27.6 Å². The highest BCUT2D eigenvalue weighted by molar-refractivity contribution is 9.10. The molecule has 1 aromatic carbocycles. The van der Waals surface area contributed by atoms with Gasteiger partial charge in [-0.05, 0) is 56.1 Å².